The van der Waals surface area contributed by atoms with Gasteiger partial charge >= 0.3 is 23.5 Å². The summed E-state index contributed by atoms with van der Waals surface area (Å²) in [6, 6.07) is 1.62. The van der Waals surface area contributed by atoms with Gasteiger partial charge in [-0.05, 0) is 19.9 Å². The van der Waals surface area contributed by atoms with Crippen molar-refractivity contribution in [2.45, 2.75) is 61.9 Å². The molecule has 0 radical (unpaired) electrons. The van der Waals surface area contributed by atoms with Gasteiger partial charge in [0.1, 0.15) is 53.0 Å². The molecule has 0 spiro atoms. The van der Waals surface area contributed by atoms with Crippen molar-refractivity contribution in [3.05, 3.63) is 31.2 Å². The zero-order valence-corrected chi connectivity index (χ0v) is 29.4. The number of pyridine rings is 1. The zero-order valence-electron chi connectivity index (χ0n) is 26.7. The topological polar surface area (TPSA) is 406 Å². The summed E-state index contributed by atoms with van der Waals surface area (Å²) in [5.41, 5.74) is 9.64. The van der Waals surface area contributed by atoms with Crippen molar-refractivity contribution < 1.29 is 81.4 Å². The number of anilines is 2. The maximum Gasteiger partial charge on any atom is 0.490 e. The van der Waals surface area contributed by atoms with Gasteiger partial charge in [0.05, 0.1) is 31.6 Å². The molecule has 6 rings (SSSR count). The fourth-order valence-corrected chi connectivity index (χ4v) is 8.44. The van der Waals surface area contributed by atoms with Crippen LogP contribution in [0.25, 0.3) is 22.3 Å². The number of phosphoric acid groups is 3. The molecule has 29 heteroatoms. The van der Waals surface area contributed by atoms with Gasteiger partial charge in [0.2, 0.25) is 0 Å². The highest BCUT2D eigenvalue weighted by atomic mass is 31.3. The molecular formula is C23H34N9O17P3. The van der Waals surface area contributed by atoms with Gasteiger partial charge in [0.15, 0.2) is 29.6 Å². The van der Waals surface area contributed by atoms with Crippen LogP contribution in [0.2, 0.25) is 0 Å². The molecule has 0 bridgehead atoms. The molecule has 4 unspecified atom stereocenters. The Kier molecular flexibility index (Phi) is 11.0. The van der Waals surface area contributed by atoms with Crippen molar-refractivity contribution >= 4 is 57.3 Å². The van der Waals surface area contributed by atoms with Crippen molar-refractivity contribution in [2.75, 3.05) is 24.7 Å². The molecule has 0 aromatic carbocycles. The van der Waals surface area contributed by atoms with Gasteiger partial charge in [-0.3, -0.25) is 13.7 Å². The van der Waals surface area contributed by atoms with E-state index in [1.807, 2.05) is 0 Å². The Morgan fingerprint density at radius 1 is 0.808 bits per heavy atom. The molecule has 13 N–H and O–H groups in total. The quantitative estimate of drug-likeness (QED) is 0.0756. The maximum atomic E-state index is 11.9. The number of ether oxygens (including phenoxy) is 2. The molecule has 4 aromatic heterocycles. The predicted molar refractivity (Wildman–Crippen MR) is 170 cm³/mol. The van der Waals surface area contributed by atoms with E-state index in [1.54, 1.807) is 6.07 Å². The lowest BCUT2D eigenvalue weighted by Crippen LogP contribution is -2.44. The average Bonchev–Trinajstić information content (AvgIpc) is 3.75. The normalized spacial score (nSPS) is 31.7. The first-order valence-electron chi connectivity index (χ1n) is 14.5. The van der Waals surface area contributed by atoms with Crippen LogP contribution in [0.15, 0.2) is 31.2 Å². The van der Waals surface area contributed by atoms with Crippen LogP contribution in [-0.2, 0) is 36.3 Å². The van der Waals surface area contributed by atoms with E-state index in [4.69, 9.17) is 35.6 Å². The molecule has 26 nitrogen and oxygen atoms in total. The second-order valence-electron chi connectivity index (χ2n) is 11.8. The number of aliphatic hydroxyl groups is 5. The van der Waals surface area contributed by atoms with Gasteiger partial charge in [0.25, 0.3) is 0 Å². The Morgan fingerprint density at radius 3 is 1.90 bits per heavy atom. The summed E-state index contributed by atoms with van der Waals surface area (Å²) in [4.78, 5) is 55.8. The smallest absolute Gasteiger partial charge is 0.397 e. The van der Waals surface area contributed by atoms with Crippen LogP contribution < -0.4 is 11.5 Å². The van der Waals surface area contributed by atoms with Crippen molar-refractivity contribution in [3.63, 3.8) is 0 Å². The van der Waals surface area contributed by atoms with Crippen LogP contribution >= 0.6 is 23.5 Å². The Bertz CT molecular complexity index is 2070. The number of hydrogen-bond acceptors (Lipinski definition) is 20. The Hall–Kier alpha value is -3.10. The standard InChI is InChI=1S/C12H16N4O4.C11H18N5O13P3/c1-12(19)9(18)7(4-17)20-11(12)16-5-15-8-6(13)2-3-14-10(8)16;1-11(18)7(17)5(2-26-31(22,23)29-32(24,25)28-30(19,20)21)27-10(11)16-4-15-6-8(12)13-3-14-9(6)16/h2-3,5,7,9,11,17-19H,4H2,1H3,(H2,13,14);3-5,7,10,17-18H,2H2,1H3,(H,22,23)(H,24,25)(H2,12,13,14)(H2,19,20,21)/t7-,9+,11-,12?;5-,7+,10-,11?/m11/s1. The highest BCUT2D eigenvalue weighted by molar-refractivity contribution is 7.66. The Balaban J connectivity index is 0.000000223. The van der Waals surface area contributed by atoms with E-state index < -0.39 is 84.8 Å². The third kappa shape index (κ3) is 8.03. The van der Waals surface area contributed by atoms with Crippen molar-refractivity contribution in [1.82, 2.24) is 34.1 Å². The molecule has 2 fully saturated rings. The second kappa shape index (κ2) is 14.3. The van der Waals surface area contributed by atoms with Crippen LogP contribution in [0.4, 0.5) is 11.5 Å². The SMILES string of the molecule is CC1(O)[C@@H](O)[C@@H](CO)O[C@H]1n1cnc2c(N)ccnc21.CC1(O)[C@@H](O)[C@@H](COP(=O)(O)OP(=O)(O)OP(=O)(O)O)O[C@H]1n1cnc2c(N)ncnc21. The molecule has 52 heavy (non-hydrogen) atoms. The van der Waals surface area contributed by atoms with E-state index in [2.05, 4.69) is 38.1 Å². The summed E-state index contributed by atoms with van der Waals surface area (Å²) < 4.78 is 59.3. The largest absolute Gasteiger partial charge is 0.490 e. The van der Waals surface area contributed by atoms with E-state index in [1.165, 1.54) is 41.8 Å². The highest BCUT2D eigenvalue weighted by Gasteiger charge is 2.55. The minimum Gasteiger partial charge on any atom is -0.397 e. The van der Waals surface area contributed by atoms with E-state index >= 15 is 0 Å². The number of rotatable bonds is 10. The fraction of sp³-hybridized carbons (Fsp3) is 0.522. The number of aliphatic hydroxyl groups excluding tert-OH is 3. The lowest BCUT2D eigenvalue weighted by Gasteiger charge is -2.27. The number of nitrogen functional groups attached to an aromatic ring is 2. The highest BCUT2D eigenvalue weighted by Crippen LogP contribution is 2.66. The summed E-state index contributed by atoms with van der Waals surface area (Å²) in [6.07, 6.45) is -2.24. The lowest BCUT2D eigenvalue weighted by molar-refractivity contribution is -0.0950. The average molecular weight is 801 g/mol. The van der Waals surface area contributed by atoms with Gasteiger partial charge in [0, 0.05) is 6.20 Å². The molecule has 2 aliphatic heterocycles. The summed E-state index contributed by atoms with van der Waals surface area (Å²) in [5, 5.41) is 50.7. The van der Waals surface area contributed by atoms with E-state index in [0.29, 0.717) is 16.9 Å². The molecule has 0 amide bonds. The predicted octanol–water partition coefficient (Wildman–Crippen LogP) is -2.22. The first-order valence-corrected chi connectivity index (χ1v) is 19.0. The molecule has 2 saturated heterocycles. The molecule has 4 aromatic rings. The Labute approximate surface area is 290 Å². The first-order chi connectivity index (χ1) is 24.0. The van der Waals surface area contributed by atoms with Crippen molar-refractivity contribution in [1.29, 1.82) is 0 Å². The van der Waals surface area contributed by atoms with Crippen LogP contribution in [0.1, 0.15) is 26.3 Å². The van der Waals surface area contributed by atoms with Gasteiger partial charge in [-0.25, -0.2) is 38.6 Å². The maximum absolute atomic E-state index is 11.9. The minimum absolute atomic E-state index is 0.0381. The van der Waals surface area contributed by atoms with E-state index in [9.17, 15) is 44.1 Å². The zero-order chi connectivity index (χ0) is 38.6. The third-order valence-corrected chi connectivity index (χ3v) is 11.7. The number of aromatic nitrogens is 7. The number of nitrogens with two attached hydrogens (primary N) is 2. The van der Waals surface area contributed by atoms with Crippen LogP contribution in [0.3, 0.4) is 0 Å². The van der Waals surface area contributed by atoms with Gasteiger partial charge in [-0.1, -0.05) is 0 Å². The number of fused-ring (bicyclic) bond motifs is 2. The van der Waals surface area contributed by atoms with Crippen LogP contribution in [-0.4, -0.2) is 128 Å². The molecule has 0 saturated carbocycles. The lowest BCUT2D eigenvalue weighted by atomic mass is 9.96. The number of phosphoric ester groups is 1. The number of hydrogen-bond donors (Lipinski definition) is 11. The van der Waals surface area contributed by atoms with Crippen molar-refractivity contribution in [3.8, 4) is 0 Å². The molecular weight excluding hydrogens is 767 g/mol. The van der Waals surface area contributed by atoms with Crippen LogP contribution in [0, 0.1) is 0 Å². The molecule has 2 aliphatic rings. The first kappa shape index (κ1) is 40.1. The molecule has 288 valence electrons. The summed E-state index contributed by atoms with van der Waals surface area (Å²) in [7, 11) is -16.7. The summed E-state index contributed by atoms with van der Waals surface area (Å²) in [5.74, 6) is 0.0381. The Morgan fingerprint density at radius 2 is 1.35 bits per heavy atom. The van der Waals surface area contributed by atoms with Crippen molar-refractivity contribution in [2.24, 2.45) is 0 Å². The minimum atomic E-state index is -5.71. The number of imidazole rings is 2. The summed E-state index contributed by atoms with van der Waals surface area (Å²) >= 11 is 0. The van der Waals surface area contributed by atoms with Gasteiger partial charge in [-0.2, -0.15) is 8.62 Å². The number of nitrogens with zero attached hydrogens (tertiary/aromatic N) is 7. The molecule has 10 atom stereocenters. The molecule has 0 aliphatic carbocycles. The van der Waals surface area contributed by atoms with Gasteiger partial charge < -0.3 is 66.0 Å². The second-order valence-corrected chi connectivity index (χ2v) is 16.2. The van der Waals surface area contributed by atoms with Gasteiger partial charge in [-0.15, -0.1) is 0 Å². The van der Waals surface area contributed by atoms with Crippen LogP contribution in [0.5, 0.6) is 0 Å². The van der Waals surface area contributed by atoms with E-state index in [0.717, 1.165) is 6.33 Å². The van der Waals surface area contributed by atoms with E-state index in [-0.39, 0.29) is 17.0 Å². The molecule has 6 heterocycles. The monoisotopic (exact) mass is 801 g/mol. The summed E-state index contributed by atoms with van der Waals surface area (Å²) in [6.45, 7) is 1.26. The fourth-order valence-electron chi connectivity index (χ4n) is 5.41. The third-order valence-electron chi connectivity index (χ3n) is 7.89.